The molecule has 1 saturated carbocycles. The fourth-order valence-electron chi connectivity index (χ4n) is 1.50. The molecule has 2 N–H and O–H groups in total. The van der Waals surface area contributed by atoms with Crippen LogP contribution in [0.4, 0.5) is 0 Å². The molecular formula is C9H19N. The van der Waals surface area contributed by atoms with Crippen molar-refractivity contribution < 1.29 is 0 Å². The molecule has 1 fully saturated rings. The van der Waals surface area contributed by atoms with Crippen LogP contribution in [0.2, 0.25) is 0 Å². The number of hydrogen-bond acceptors (Lipinski definition) is 1. The van der Waals surface area contributed by atoms with Gasteiger partial charge in [0.2, 0.25) is 0 Å². The number of rotatable bonds is 0. The lowest BCUT2D eigenvalue weighted by Crippen LogP contribution is -2.41. The molecule has 0 aliphatic heterocycles. The maximum atomic E-state index is 6.00. The Morgan fingerprint density at radius 2 is 1.30 bits per heavy atom. The minimum Gasteiger partial charge on any atom is -0.325 e. The molecule has 0 aromatic heterocycles. The van der Waals surface area contributed by atoms with Gasteiger partial charge in [0, 0.05) is 5.54 Å². The summed E-state index contributed by atoms with van der Waals surface area (Å²) in [5, 5.41) is 0. The fourth-order valence-corrected chi connectivity index (χ4v) is 1.50. The third kappa shape index (κ3) is 1.98. The molecule has 0 heterocycles. The highest BCUT2D eigenvalue weighted by molar-refractivity contribution is 4.88. The van der Waals surface area contributed by atoms with Gasteiger partial charge in [0.25, 0.3) is 0 Å². The van der Waals surface area contributed by atoms with E-state index in [2.05, 4.69) is 20.8 Å². The highest BCUT2D eigenvalue weighted by Crippen LogP contribution is 2.38. The predicted octanol–water partition coefficient (Wildman–Crippen LogP) is 2.30. The Hall–Kier alpha value is -0.0400. The minimum absolute atomic E-state index is 0.134. The Balaban J connectivity index is 2.46. The van der Waals surface area contributed by atoms with E-state index in [4.69, 9.17) is 5.73 Å². The van der Waals surface area contributed by atoms with Crippen LogP contribution in [0.3, 0.4) is 0 Å². The lowest BCUT2D eigenvalue weighted by molar-refractivity contribution is 0.176. The first-order chi connectivity index (χ1) is 4.41. The molecule has 60 valence electrons. The summed E-state index contributed by atoms with van der Waals surface area (Å²) < 4.78 is 0. The first-order valence-electron chi connectivity index (χ1n) is 4.20. The van der Waals surface area contributed by atoms with Gasteiger partial charge in [-0.05, 0) is 38.0 Å². The van der Waals surface area contributed by atoms with Crippen LogP contribution in [-0.4, -0.2) is 5.54 Å². The maximum Gasteiger partial charge on any atom is 0.0126 e. The third-order valence-corrected chi connectivity index (χ3v) is 2.75. The van der Waals surface area contributed by atoms with Gasteiger partial charge in [-0.3, -0.25) is 0 Å². The molecule has 0 spiro atoms. The van der Waals surface area contributed by atoms with Crippen LogP contribution >= 0.6 is 0 Å². The van der Waals surface area contributed by atoms with E-state index in [0.29, 0.717) is 5.41 Å². The van der Waals surface area contributed by atoms with E-state index in [1.165, 1.54) is 25.7 Å². The molecule has 0 radical (unpaired) electrons. The average molecular weight is 141 g/mol. The van der Waals surface area contributed by atoms with Gasteiger partial charge in [-0.1, -0.05) is 13.8 Å². The van der Waals surface area contributed by atoms with Crippen molar-refractivity contribution in [3.8, 4) is 0 Å². The van der Waals surface area contributed by atoms with Crippen molar-refractivity contribution in [1.82, 2.24) is 0 Å². The van der Waals surface area contributed by atoms with Gasteiger partial charge in [0.15, 0.2) is 0 Å². The van der Waals surface area contributed by atoms with E-state index in [0.717, 1.165) is 0 Å². The largest absolute Gasteiger partial charge is 0.325 e. The Morgan fingerprint density at radius 1 is 0.900 bits per heavy atom. The summed E-state index contributed by atoms with van der Waals surface area (Å²) in [6, 6.07) is 0. The molecule has 1 heteroatoms. The van der Waals surface area contributed by atoms with Crippen LogP contribution in [0, 0.1) is 5.41 Å². The predicted molar refractivity (Wildman–Crippen MR) is 44.8 cm³/mol. The van der Waals surface area contributed by atoms with Crippen LogP contribution in [-0.2, 0) is 0 Å². The Labute approximate surface area is 64.0 Å². The van der Waals surface area contributed by atoms with Crippen molar-refractivity contribution >= 4 is 0 Å². The van der Waals surface area contributed by atoms with E-state index < -0.39 is 0 Å². The summed E-state index contributed by atoms with van der Waals surface area (Å²) in [6.07, 6.45) is 4.97. The van der Waals surface area contributed by atoms with Crippen LogP contribution in [0.25, 0.3) is 0 Å². The summed E-state index contributed by atoms with van der Waals surface area (Å²) in [6.45, 7) is 6.84. The SMILES string of the molecule is CC1(C)CCC(C)(N)CC1. The molecule has 1 aliphatic rings. The first kappa shape index (κ1) is 8.06. The van der Waals surface area contributed by atoms with Crippen molar-refractivity contribution in [3.05, 3.63) is 0 Å². The van der Waals surface area contributed by atoms with E-state index in [1.807, 2.05) is 0 Å². The van der Waals surface area contributed by atoms with E-state index in [1.54, 1.807) is 0 Å². The second-order valence-electron chi connectivity index (χ2n) is 4.82. The molecule has 1 nitrogen and oxygen atoms in total. The number of nitrogens with two attached hydrogens (primary N) is 1. The van der Waals surface area contributed by atoms with Gasteiger partial charge in [-0.2, -0.15) is 0 Å². The highest BCUT2D eigenvalue weighted by atomic mass is 14.7. The molecule has 10 heavy (non-hydrogen) atoms. The summed E-state index contributed by atoms with van der Waals surface area (Å²) in [4.78, 5) is 0. The number of hydrogen-bond donors (Lipinski definition) is 1. The van der Waals surface area contributed by atoms with Crippen molar-refractivity contribution in [3.63, 3.8) is 0 Å². The molecule has 0 saturated heterocycles. The second-order valence-corrected chi connectivity index (χ2v) is 4.82. The van der Waals surface area contributed by atoms with E-state index in [9.17, 15) is 0 Å². The van der Waals surface area contributed by atoms with Crippen molar-refractivity contribution in [2.24, 2.45) is 11.1 Å². The van der Waals surface area contributed by atoms with Crippen molar-refractivity contribution in [1.29, 1.82) is 0 Å². The van der Waals surface area contributed by atoms with Crippen LogP contribution in [0.15, 0.2) is 0 Å². The molecule has 0 bridgehead atoms. The lowest BCUT2D eigenvalue weighted by Gasteiger charge is -2.38. The second kappa shape index (κ2) is 2.23. The zero-order chi connectivity index (χ0) is 7.83. The van der Waals surface area contributed by atoms with Gasteiger partial charge in [-0.15, -0.1) is 0 Å². The van der Waals surface area contributed by atoms with Gasteiger partial charge in [0.1, 0.15) is 0 Å². The molecule has 0 amide bonds. The van der Waals surface area contributed by atoms with Crippen LogP contribution < -0.4 is 5.73 Å². The molecule has 0 aromatic carbocycles. The van der Waals surface area contributed by atoms with Crippen LogP contribution in [0.5, 0.6) is 0 Å². The van der Waals surface area contributed by atoms with E-state index in [-0.39, 0.29) is 5.54 Å². The quantitative estimate of drug-likeness (QED) is 0.550. The Kier molecular flexibility index (Phi) is 1.80. The molecule has 1 rings (SSSR count). The average Bonchev–Trinajstić information content (AvgIpc) is 1.79. The molecule has 1 aliphatic carbocycles. The first-order valence-corrected chi connectivity index (χ1v) is 4.20. The lowest BCUT2D eigenvalue weighted by atomic mass is 9.71. The summed E-state index contributed by atoms with van der Waals surface area (Å²) in [5.74, 6) is 0. The molecular weight excluding hydrogens is 122 g/mol. The van der Waals surface area contributed by atoms with Gasteiger partial charge >= 0.3 is 0 Å². The fraction of sp³-hybridized carbons (Fsp3) is 1.00. The van der Waals surface area contributed by atoms with E-state index >= 15 is 0 Å². The molecule has 0 atom stereocenters. The summed E-state index contributed by atoms with van der Waals surface area (Å²) >= 11 is 0. The van der Waals surface area contributed by atoms with Crippen molar-refractivity contribution in [2.75, 3.05) is 0 Å². The van der Waals surface area contributed by atoms with Crippen molar-refractivity contribution in [2.45, 2.75) is 52.0 Å². The van der Waals surface area contributed by atoms with Gasteiger partial charge in [-0.25, -0.2) is 0 Å². The molecule has 0 unspecified atom stereocenters. The van der Waals surface area contributed by atoms with Gasteiger partial charge < -0.3 is 5.73 Å². The minimum atomic E-state index is 0.134. The summed E-state index contributed by atoms with van der Waals surface area (Å²) in [5.41, 5.74) is 6.69. The molecule has 0 aromatic rings. The highest BCUT2D eigenvalue weighted by Gasteiger charge is 2.31. The smallest absolute Gasteiger partial charge is 0.0126 e. The van der Waals surface area contributed by atoms with Crippen LogP contribution in [0.1, 0.15) is 46.5 Å². The Bertz CT molecular complexity index is 96.7. The Morgan fingerprint density at radius 3 is 1.60 bits per heavy atom. The zero-order valence-corrected chi connectivity index (χ0v) is 7.41. The van der Waals surface area contributed by atoms with Gasteiger partial charge in [0.05, 0.1) is 0 Å². The summed E-state index contributed by atoms with van der Waals surface area (Å²) in [7, 11) is 0. The zero-order valence-electron chi connectivity index (χ0n) is 7.41. The third-order valence-electron chi connectivity index (χ3n) is 2.75. The standard InChI is InChI=1S/C9H19N/c1-8(2)4-6-9(3,10)7-5-8/h4-7,10H2,1-3H3. The maximum absolute atomic E-state index is 6.00. The monoisotopic (exact) mass is 141 g/mol. The topological polar surface area (TPSA) is 26.0 Å². The normalized spacial score (nSPS) is 30.0.